The van der Waals surface area contributed by atoms with Gasteiger partial charge >= 0.3 is 5.97 Å². The highest BCUT2D eigenvalue weighted by Gasteiger charge is 2.26. The second-order valence-electron chi connectivity index (χ2n) is 5.70. The van der Waals surface area contributed by atoms with Crippen LogP contribution in [0.3, 0.4) is 0 Å². The molecule has 0 aliphatic carbocycles. The van der Waals surface area contributed by atoms with Gasteiger partial charge in [0.1, 0.15) is 6.04 Å². The second kappa shape index (κ2) is 7.11. The van der Waals surface area contributed by atoms with Crippen LogP contribution in [0.4, 0.5) is 0 Å². The number of hydrogen-bond donors (Lipinski definition) is 2. The molecule has 0 bridgehead atoms. The Morgan fingerprint density at radius 3 is 2.21 bits per heavy atom. The molecule has 2 N–H and O–H groups in total. The maximum Gasteiger partial charge on any atom is 0.303 e. The van der Waals surface area contributed by atoms with Gasteiger partial charge in [0, 0.05) is 25.4 Å². The highest BCUT2D eigenvalue weighted by Crippen LogP contribution is 2.13. The summed E-state index contributed by atoms with van der Waals surface area (Å²) in [6, 6.07) is -0.610. The number of hydrogen-bond acceptors (Lipinski definition) is 3. The SMILES string of the molecule is CC(NC(=O)C(C)(C)C)C(=O)N(C)CCCC(=O)O. The van der Waals surface area contributed by atoms with Crippen molar-refractivity contribution in [3.63, 3.8) is 0 Å². The van der Waals surface area contributed by atoms with Crippen LogP contribution in [0.15, 0.2) is 0 Å². The van der Waals surface area contributed by atoms with Crippen LogP contribution in [-0.4, -0.2) is 47.4 Å². The first-order valence-electron chi connectivity index (χ1n) is 6.33. The monoisotopic (exact) mass is 272 g/mol. The van der Waals surface area contributed by atoms with Gasteiger partial charge in [0.15, 0.2) is 0 Å². The summed E-state index contributed by atoms with van der Waals surface area (Å²) in [6.07, 6.45) is 0.428. The van der Waals surface area contributed by atoms with E-state index in [2.05, 4.69) is 5.32 Å². The van der Waals surface area contributed by atoms with E-state index >= 15 is 0 Å². The summed E-state index contributed by atoms with van der Waals surface area (Å²) in [5, 5.41) is 11.2. The first kappa shape index (κ1) is 17.4. The molecule has 0 rings (SSSR count). The van der Waals surface area contributed by atoms with Gasteiger partial charge in [-0.05, 0) is 13.3 Å². The molecule has 0 aromatic carbocycles. The number of likely N-dealkylation sites (N-methyl/N-ethyl adjacent to an activating group) is 1. The molecule has 1 unspecified atom stereocenters. The third-order valence-electron chi connectivity index (χ3n) is 2.66. The number of amides is 2. The van der Waals surface area contributed by atoms with E-state index in [-0.39, 0.29) is 18.2 Å². The lowest BCUT2D eigenvalue weighted by atomic mass is 9.95. The van der Waals surface area contributed by atoms with E-state index in [1.165, 1.54) is 4.90 Å². The van der Waals surface area contributed by atoms with E-state index in [1.807, 2.05) is 0 Å². The summed E-state index contributed by atoms with van der Waals surface area (Å²) in [7, 11) is 1.60. The molecule has 0 aromatic rings. The van der Waals surface area contributed by atoms with Crippen LogP contribution in [-0.2, 0) is 14.4 Å². The molecular formula is C13H24N2O4. The van der Waals surface area contributed by atoms with Crippen molar-refractivity contribution < 1.29 is 19.5 Å². The summed E-state index contributed by atoms with van der Waals surface area (Å²) < 4.78 is 0. The van der Waals surface area contributed by atoms with Crippen molar-refractivity contribution >= 4 is 17.8 Å². The molecule has 6 heteroatoms. The Morgan fingerprint density at radius 2 is 1.79 bits per heavy atom. The average molecular weight is 272 g/mol. The second-order valence-corrected chi connectivity index (χ2v) is 5.70. The number of nitrogens with one attached hydrogen (secondary N) is 1. The Labute approximate surface area is 114 Å². The first-order chi connectivity index (χ1) is 8.55. The highest BCUT2D eigenvalue weighted by atomic mass is 16.4. The predicted octanol–water partition coefficient (Wildman–Crippen LogP) is 0.860. The minimum Gasteiger partial charge on any atom is -0.481 e. The van der Waals surface area contributed by atoms with Gasteiger partial charge in [-0.15, -0.1) is 0 Å². The smallest absolute Gasteiger partial charge is 0.303 e. The first-order valence-corrected chi connectivity index (χ1v) is 6.33. The minimum absolute atomic E-state index is 0.0281. The zero-order valence-corrected chi connectivity index (χ0v) is 12.3. The standard InChI is InChI=1S/C13H24N2O4/c1-9(14-12(19)13(2,3)4)11(18)15(5)8-6-7-10(16)17/h9H,6-8H2,1-5H3,(H,14,19)(H,16,17). The molecule has 0 spiro atoms. The van der Waals surface area contributed by atoms with Crippen LogP contribution in [0.5, 0.6) is 0 Å². The lowest BCUT2D eigenvalue weighted by molar-refractivity contribution is -0.139. The summed E-state index contributed by atoms with van der Waals surface area (Å²) in [6.45, 7) is 7.31. The molecule has 1 atom stereocenters. The molecule has 0 aromatic heterocycles. The van der Waals surface area contributed by atoms with E-state index in [0.717, 1.165) is 0 Å². The van der Waals surface area contributed by atoms with Gasteiger partial charge in [-0.25, -0.2) is 0 Å². The van der Waals surface area contributed by atoms with Crippen LogP contribution < -0.4 is 5.32 Å². The normalized spacial score (nSPS) is 12.7. The van der Waals surface area contributed by atoms with Crippen molar-refractivity contribution in [1.29, 1.82) is 0 Å². The van der Waals surface area contributed by atoms with Crippen molar-refractivity contribution in [3.8, 4) is 0 Å². The van der Waals surface area contributed by atoms with Crippen LogP contribution >= 0.6 is 0 Å². The Morgan fingerprint density at radius 1 is 1.26 bits per heavy atom. The van der Waals surface area contributed by atoms with Crippen molar-refractivity contribution in [2.45, 2.75) is 46.6 Å². The minimum atomic E-state index is -0.880. The molecule has 0 saturated heterocycles. The van der Waals surface area contributed by atoms with Crippen LogP contribution in [0.25, 0.3) is 0 Å². The summed E-state index contributed by atoms with van der Waals surface area (Å²) in [5.41, 5.74) is -0.545. The largest absolute Gasteiger partial charge is 0.481 e. The molecule has 2 amide bonds. The molecule has 0 heterocycles. The van der Waals surface area contributed by atoms with Crippen LogP contribution in [0.1, 0.15) is 40.5 Å². The molecule has 0 aliphatic rings. The lowest BCUT2D eigenvalue weighted by Crippen LogP contribution is -2.48. The predicted molar refractivity (Wildman–Crippen MR) is 71.6 cm³/mol. The molecular weight excluding hydrogens is 248 g/mol. The van der Waals surface area contributed by atoms with Crippen LogP contribution in [0, 0.1) is 5.41 Å². The number of nitrogens with zero attached hydrogens (tertiary/aromatic N) is 1. The average Bonchev–Trinajstić information content (AvgIpc) is 2.25. The molecule has 0 radical (unpaired) electrons. The molecule has 0 fully saturated rings. The fourth-order valence-corrected chi connectivity index (χ4v) is 1.38. The number of rotatable bonds is 6. The van der Waals surface area contributed by atoms with Gasteiger partial charge in [0.2, 0.25) is 11.8 Å². The van der Waals surface area contributed by atoms with E-state index in [1.54, 1.807) is 34.7 Å². The molecule has 110 valence electrons. The maximum absolute atomic E-state index is 11.9. The van der Waals surface area contributed by atoms with Crippen molar-refractivity contribution in [1.82, 2.24) is 10.2 Å². The summed E-state index contributed by atoms with van der Waals surface area (Å²) >= 11 is 0. The summed E-state index contributed by atoms with van der Waals surface area (Å²) in [5.74, 6) is -1.29. The number of carboxylic acids is 1. The van der Waals surface area contributed by atoms with Crippen LogP contribution in [0.2, 0.25) is 0 Å². The van der Waals surface area contributed by atoms with Gasteiger partial charge < -0.3 is 15.3 Å². The maximum atomic E-state index is 11.9. The van der Waals surface area contributed by atoms with Crippen molar-refractivity contribution in [3.05, 3.63) is 0 Å². The van der Waals surface area contributed by atoms with Crippen molar-refractivity contribution in [2.24, 2.45) is 5.41 Å². The van der Waals surface area contributed by atoms with Gasteiger partial charge in [0.25, 0.3) is 0 Å². The van der Waals surface area contributed by atoms with Gasteiger partial charge in [-0.2, -0.15) is 0 Å². The number of carbonyl (C=O) groups excluding carboxylic acids is 2. The van der Waals surface area contributed by atoms with E-state index < -0.39 is 17.4 Å². The molecule has 0 aliphatic heterocycles. The number of carboxylic acid groups (broad SMARTS) is 1. The fraction of sp³-hybridized carbons (Fsp3) is 0.769. The van der Waals surface area contributed by atoms with Gasteiger partial charge in [-0.3, -0.25) is 14.4 Å². The Balaban J connectivity index is 4.25. The van der Waals surface area contributed by atoms with E-state index in [0.29, 0.717) is 13.0 Å². The number of carbonyl (C=O) groups is 3. The zero-order valence-electron chi connectivity index (χ0n) is 12.3. The van der Waals surface area contributed by atoms with E-state index in [4.69, 9.17) is 5.11 Å². The molecule has 19 heavy (non-hydrogen) atoms. The quantitative estimate of drug-likeness (QED) is 0.751. The Kier molecular flexibility index (Phi) is 6.52. The topological polar surface area (TPSA) is 86.7 Å². The van der Waals surface area contributed by atoms with Crippen molar-refractivity contribution in [2.75, 3.05) is 13.6 Å². The zero-order chi connectivity index (χ0) is 15.2. The third-order valence-corrected chi connectivity index (χ3v) is 2.66. The van der Waals surface area contributed by atoms with Gasteiger partial charge in [0.05, 0.1) is 0 Å². The molecule has 0 saturated carbocycles. The Bertz CT molecular complexity index is 347. The van der Waals surface area contributed by atoms with E-state index in [9.17, 15) is 14.4 Å². The molecule has 6 nitrogen and oxygen atoms in total. The highest BCUT2D eigenvalue weighted by molar-refractivity contribution is 5.89. The fourth-order valence-electron chi connectivity index (χ4n) is 1.38. The van der Waals surface area contributed by atoms with Gasteiger partial charge in [-0.1, -0.05) is 20.8 Å². The number of aliphatic carboxylic acids is 1. The summed E-state index contributed by atoms with van der Waals surface area (Å²) in [4.78, 5) is 35.5. The lowest BCUT2D eigenvalue weighted by Gasteiger charge is -2.25. The third kappa shape index (κ3) is 6.79. The Hall–Kier alpha value is -1.59.